The summed E-state index contributed by atoms with van der Waals surface area (Å²) in [5.74, 6) is 0.798. The van der Waals surface area contributed by atoms with Crippen LogP contribution in [0.5, 0.6) is 5.75 Å². The Hall–Kier alpha value is -2.04. The number of hydrogen-bond acceptors (Lipinski definition) is 3. The predicted molar refractivity (Wildman–Crippen MR) is 108 cm³/mol. The summed E-state index contributed by atoms with van der Waals surface area (Å²) in [6, 6.07) is 11.5. The topological polar surface area (TPSA) is 41.6 Å². The van der Waals surface area contributed by atoms with Crippen LogP contribution in [0, 0.1) is 13.8 Å². The van der Waals surface area contributed by atoms with E-state index in [0.717, 1.165) is 41.2 Å². The lowest BCUT2D eigenvalue weighted by atomic mass is 10.1. The van der Waals surface area contributed by atoms with Gasteiger partial charge < -0.3 is 10.1 Å². The number of carbonyl (C=O) groups excluding carboxylic acids is 1. The minimum atomic E-state index is 0.00901. The standard InChI is InChI=1S/C21H27ClN2O2/c1-5-24(6-2)13-20(25)23-21-15(3)11-19(12-16(21)4)26-14-17-7-9-18(22)10-8-17/h7-12H,5-6,13-14H2,1-4H3,(H,23,25). The molecule has 5 heteroatoms. The van der Waals surface area contributed by atoms with Gasteiger partial charge in [-0.3, -0.25) is 9.69 Å². The van der Waals surface area contributed by atoms with Crippen LogP contribution in [-0.4, -0.2) is 30.4 Å². The summed E-state index contributed by atoms with van der Waals surface area (Å²) >= 11 is 5.90. The molecule has 2 aromatic rings. The molecule has 0 saturated heterocycles. The van der Waals surface area contributed by atoms with E-state index in [1.54, 1.807) is 0 Å². The Morgan fingerprint density at radius 2 is 1.65 bits per heavy atom. The van der Waals surface area contributed by atoms with Crippen molar-refractivity contribution in [1.29, 1.82) is 0 Å². The number of nitrogens with zero attached hydrogens (tertiary/aromatic N) is 1. The summed E-state index contributed by atoms with van der Waals surface area (Å²) < 4.78 is 5.89. The van der Waals surface area contributed by atoms with E-state index in [0.29, 0.717) is 18.2 Å². The SMILES string of the molecule is CCN(CC)CC(=O)Nc1c(C)cc(OCc2ccc(Cl)cc2)cc1C. The fourth-order valence-corrected chi connectivity index (χ4v) is 2.91. The minimum absolute atomic E-state index is 0.00901. The van der Waals surface area contributed by atoms with Gasteiger partial charge in [0.2, 0.25) is 5.91 Å². The molecule has 0 aliphatic heterocycles. The van der Waals surface area contributed by atoms with Crippen LogP contribution in [-0.2, 0) is 11.4 Å². The highest BCUT2D eigenvalue weighted by Crippen LogP contribution is 2.27. The molecule has 2 rings (SSSR count). The average molecular weight is 375 g/mol. The van der Waals surface area contributed by atoms with Crippen LogP contribution in [0.4, 0.5) is 5.69 Å². The molecule has 4 nitrogen and oxygen atoms in total. The predicted octanol–water partition coefficient (Wildman–Crippen LogP) is 4.82. The van der Waals surface area contributed by atoms with Gasteiger partial charge in [0.1, 0.15) is 12.4 Å². The molecule has 0 bridgehead atoms. The molecule has 0 heterocycles. The number of halogens is 1. The van der Waals surface area contributed by atoms with E-state index in [1.165, 1.54) is 0 Å². The molecule has 0 fully saturated rings. The Kier molecular flexibility index (Phi) is 7.49. The summed E-state index contributed by atoms with van der Waals surface area (Å²) in [4.78, 5) is 14.4. The van der Waals surface area contributed by atoms with Crippen LogP contribution in [0.25, 0.3) is 0 Å². The molecule has 0 aliphatic rings. The fraction of sp³-hybridized carbons (Fsp3) is 0.381. The lowest BCUT2D eigenvalue weighted by molar-refractivity contribution is -0.117. The van der Waals surface area contributed by atoms with Crippen molar-refractivity contribution in [3.63, 3.8) is 0 Å². The molecule has 26 heavy (non-hydrogen) atoms. The Bertz CT molecular complexity index is 717. The first-order chi connectivity index (χ1) is 12.4. The lowest BCUT2D eigenvalue weighted by Gasteiger charge is -2.19. The zero-order chi connectivity index (χ0) is 19.1. The summed E-state index contributed by atoms with van der Waals surface area (Å²) in [6.45, 7) is 10.7. The third-order valence-electron chi connectivity index (χ3n) is 4.35. The number of likely N-dealkylation sites (N-methyl/N-ethyl adjacent to an activating group) is 1. The van der Waals surface area contributed by atoms with Gasteiger partial charge >= 0.3 is 0 Å². The fourth-order valence-electron chi connectivity index (χ4n) is 2.78. The smallest absolute Gasteiger partial charge is 0.238 e. The number of ether oxygens (including phenoxy) is 1. The van der Waals surface area contributed by atoms with Crippen molar-refractivity contribution in [2.75, 3.05) is 25.0 Å². The van der Waals surface area contributed by atoms with Crippen LogP contribution < -0.4 is 10.1 Å². The van der Waals surface area contributed by atoms with Crippen molar-refractivity contribution < 1.29 is 9.53 Å². The maximum atomic E-state index is 12.3. The first-order valence-electron chi connectivity index (χ1n) is 8.93. The van der Waals surface area contributed by atoms with E-state index in [9.17, 15) is 4.79 Å². The summed E-state index contributed by atoms with van der Waals surface area (Å²) in [5, 5.41) is 3.75. The second kappa shape index (κ2) is 9.60. The van der Waals surface area contributed by atoms with Gasteiger partial charge in [-0.1, -0.05) is 37.6 Å². The summed E-state index contributed by atoms with van der Waals surface area (Å²) in [6.07, 6.45) is 0. The van der Waals surface area contributed by atoms with E-state index in [1.807, 2.05) is 50.2 Å². The second-order valence-electron chi connectivity index (χ2n) is 6.36. The van der Waals surface area contributed by atoms with Gasteiger partial charge in [0.25, 0.3) is 0 Å². The maximum Gasteiger partial charge on any atom is 0.238 e. The molecule has 1 N–H and O–H groups in total. The number of rotatable bonds is 8. The second-order valence-corrected chi connectivity index (χ2v) is 6.79. The number of anilines is 1. The number of amides is 1. The van der Waals surface area contributed by atoms with E-state index in [4.69, 9.17) is 16.3 Å². The highest BCUT2D eigenvalue weighted by atomic mass is 35.5. The molecule has 140 valence electrons. The Labute approximate surface area is 161 Å². The van der Waals surface area contributed by atoms with E-state index in [-0.39, 0.29) is 5.91 Å². The molecule has 0 atom stereocenters. The van der Waals surface area contributed by atoms with Crippen molar-refractivity contribution in [1.82, 2.24) is 4.90 Å². The van der Waals surface area contributed by atoms with Gasteiger partial charge in [-0.05, 0) is 67.9 Å². The van der Waals surface area contributed by atoms with Gasteiger partial charge in [-0.25, -0.2) is 0 Å². The molecular formula is C21H27ClN2O2. The van der Waals surface area contributed by atoms with Gasteiger partial charge in [0.15, 0.2) is 0 Å². The third kappa shape index (κ3) is 5.75. The van der Waals surface area contributed by atoms with Crippen LogP contribution in [0.1, 0.15) is 30.5 Å². The first kappa shape index (κ1) is 20.3. The molecule has 0 unspecified atom stereocenters. The number of hydrogen-bond donors (Lipinski definition) is 1. The molecule has 0 spiro atoms. The van der Waals surface area contributed by atoms with Crippen LogP contribution in [0.2, 0.25) is 5.02 Å². The molecular weight excluding hydrogens is 348 g/mol. The molecule has 1 amide bonds. The zero-order valence-electron chi connectivity index (χ0n) is 15.9. The van der Waals surface area contributed by atoms with Crippen molar-refractivity contribution in [2.24, 2.45) is 0 Å². The van der Waals surface area contributed by atoms with Crippen LogP contribution in [0.3, 0.4) is 0 Å². The maximum absolute atomic E-state index is 12.3. The van der Waals surface area contributed by atoms with E-state index >= 15 is 0 Å². The van der Waals surface area contributed by atoms with Crippen LogP contribution >= 0.6 is 11.6 Å². The summed E-state index contributed by atoms with van der Waals surface area (Å²) in [5.41, 5.74) is 3.90. The Balaban J connectivity index is 2.02. The molecule has 0 aliphatic carbocycles. The van der Waals surface area contributed by atoms with E-state index in [2.05, 4.69) is 24.1 Å². The number of aryl methyl sites for hydroxylation is 2. The Morgan fingerprint density at radius 1 is 1.08 bits per heavy atom. The highest BCUT2D eigenvalue weighted by Gasteiger charge is 2.12. The molecule has 2 aromatic carbocycles. The van der Waals surface area contributed by atoms with Gasteiger partial charge in [-0.2, -0.15) is 0 Å². The van der Waals surface area contributed by atoms with E-state index < -0.39 is 0 Å². The number of carbonyl (C=O) groups is 1. The molecule has 0 radical (unpaired) electrons. The van der Waals surface area contributed by atoms with Gasteiger partial charge in [0, 0.05) is 10.7 Å². The molecule has 0 saturated carbocycles. The summed E-state index contributed by atoms with van der Waals surface area (Å²) in [7, 11) is 0. The third-order valence-corrected chi connectivity index (χ3v) is 4.60. The zero-order valence-corrected chi connectivity index (χ0v) is 16.7. The van der Waals surface area contributed by atoms with Crippen molar-refractivity contribution >= 4 is 23.2 Å². The van der Waals surface area contributed by atoms with Crippen molar-refractivity contribution in [2.45, 2.75) is 34.3 Å². The van der Waals surface area contributed by atoms with Crippen LogP contribution in [0.15, 0.2) is 36.4 Å². The largest absolute Gasteiger partial charge is 0.489 e. The van der Waals surface area contributed by atoms with Gasteiger partial charge in [-0.15, -0.1) is 0 Å². The van der Waals surface area contributed by atoms with Crippen molar-refractivity contribution in [3.05, 3.63) is 58.1 Å². The minimum Gasteiger partial charge on any atom is -0.489 e. The number of benzene rings is 2. The lowest BCUT2D eigenvalue weighted by Crippen LogP contribution is -2.33. The number of nitrogens with one attached hydrogen (secondary N) is 1. The first-order valence-corrected chi connectivity index (χ1v) is 9.31. The Morgan fingerprint density at radius 3 is 2.19 bits per heavy atom. The normalized spacial score (nSPS) is 10.8. The quantitative estimate of drug-likeness (QED) is 0.720. The monoisotopic (exact) mass is 374 g/mol. The van der Waals surface area contributed by atoms with Gasteiger partial charge in [0.05, 0.1) is 6.54 Å². The highest BCUT2D eigenvalue weighted by molar-refractivity contribution is 6.30. The molecule has 0 aromatic heterocycles. The average Bonchev–Trinajstić information content (AvgIpc) is 2.62. The van der Waals surface area contributed by atoms with Crippen molar-refractivity contribution in [3.8, 4) is 5.75 Å².